The molecule has 1 amide bonds. The predicted molar refractivity (Wildman–Crippen MR) is 79.4 cm³/mol. The lowest BCUT2D eigenvalue weighted by molar-refractivity contribution is -0.144. The Morgan fingerprint density at radius 1 is 1.38 bits per heavy atom. The van der Waals surface area contributed by atoms with Crippen LogP contribution in [-0.2, 0) is 22.3 Å². The minimum atomic E-state index is -4.59. The zero-order chi connectivity index (χ0) is 16.4. The van der Waals surface area contributed by atoms with Gasteiger partial charge in [0.25, 0.3) is 5.82 Å². The second-order valence-electron chi connectivity index (χ2n) is 5.80. The molecule has 3 N–H and O–H groups in total. The number of alkyl halides is 3. The van der Waals surface area contributed by atoms with Gasteiger partial charge in [-0.3, -0.25) is 9.89 Å². The van der Waals surface area contributed by atoms with E-state index in [0.717, 1.165) is 13.0 Å². The number of carbonyl (C=O) groups is 1. The highest BCUT2D eigenvalue weighted by Gasteiger charge is 2.37. The third-order valence-electron chi connectivity index (χ3n) is 4.21. The summed E-state index contributed by atoms with van der Waals surface area (Å²) < 4.78 is 42.8. The number of ether oxygens (including phenoxy) is 1. The first kappa shape index (κ1) is 18.9. The normalized spacial score (nSPS) is 27.0. The molecule has 2 aliphatic rings. The second-order valence-corrected chi connectivity index (χ2v) is 5.80. The van der Waals surface area contributed by atoms with Crippen LogP contribution in [0.15, 0.2) is 0 Å². The van der Waals surface area contributed by atoms with E-state index < -0.39 is 12.0 Å². The van der Waals surface area contributed by atoms with E-state index in [2.05, 4.69) is 25.8 Å². The maximum absolute atomic E-state index is 12.4. The van der Waals surface area contributed by atoms with Crippen LogP contribution in [0.1, 0.15) is 30.9 Å². The van der Waals surface area contributed by atoms with Gasteiger partial charge in [0.2, 0.25) is 5.91 Å². The van der Waals surface area contributed by atoms with Gasteiger partial charge in [-0.1, -0.05) is 0 Å². The van der Waals surface area contributed by atoms with Gasteiger partial charge in [0.1, 0.15) is 5.82 Å². The summed E-state index contributed by atoms with van der Waals surface area (Å²) in [5.41, 5.74) is 0. The van der Waals surface area contributed by atoms with Gasteiger partial charge in [-0.15, -0.1) is 17.5 Å². The number of H-pyrrole nitrogens is 1. The highest BCUT2D eigenvalue weighted by atomic mass is 35.5. The maximum atomic E-state index is 12.4. The summed E-state index contributed by atoms with van der Waals surface area (Å²) in [6.07, 6.45) is -2.27. The van der Waals surface area contributed by atoms with Crippen LogP contribution in [0.5, 0.6) is 0 Å². The van der Waals surface area contributed by atoms with Crippen molar-refractivity contribution >= 4 is 18.3 Å². The van der Waals surface area contributed by atoms with Crippen molar-refractivity contribution in [3.8, 4) is 0 Å². The molecule has 2 heterocycles. The number of morpholine rings is 1. The Morgan fingerprint density at radius 2 is 2.17 bits per heavy atom. The Hall–Kier alpha value is -1.39. The van der Waals surface area contributed by atoms with Crippen LogP contribution in [0.25, 0.3) is 0 Å². The van der Waals surface area contributed by atoms with E-state index >= 15 is 0 Å². The van der Waals surface area contributed by atoms with E-state index in [1.807, 2.05) is 0 Å². The molecule has 1 saturated heterocycles. The number of aromatic nitrogens is 3. The van der Waals surface area contributed by atoms with Crippen molar-refractivity contribution < 1.29 is 22.7 Å². The number of nitrogens with zero attached hydrogens (tertiary/aromatic N) is 2. The van der Waals surface area contributed by atoms with Crippen LogP contribution in [0.4, 0.5) is 13.2 Å². The summed E-state index contributed by atoms with van der Waals surface area (Å²) >= 11 is 0. The summed E-state index contributed by atoms with van der Waals surface area (Å²) in [5, 5.41) is 11.2. The number of aromatic amines is 1. The minimum absolute atomic E-state index is 0. The standard InChI is InChI=1S/C13H18F3N5O2.ClH/c14-13(15,16)12-19-10(20-21-12)6-18-11(22)7-1-2-9-8(5-7)17-3-4-23-9;/h7-9,17H,1-6H2,(H,18,22)(H,19,20,21);1H/t7-,8+,9+;/m0./s1. The molecule has 0 radical (unpaired) electrons. The molecule has 0 bridgehead atoms. The number of hydrogen-bond acceptors (Lipinski definition) is 5. The number of amides is 1. The molecule has 0 spiro atoms. The number of fused-ring (bicyclic) bond motifs is 1. The summed E-state index contributed by atoms with van der Waals surface area (Å²) in [4.78, 5) is 15.5. The molecule has 1 aliphatic heterocycles. The van der Waals surface area contributed by atoms with Crippen LogP contribution in [0, 0.1) is 5.92 Å². The summed E-state index contributed by atoms with van der Waals surface area (Å²) in [6, 6.07) is 0.162. The van der Waals surface area contributed by atoms with Crippen molar-refractivity contribution in [2.45, 2.75) is 44.1 Å². The Bertz CT molecular complexity index is 568. The zero-order valence-corrected chi connectivity index (χ0v) is 13.5. The molecule has 1 aromatic heterocycles. The molecular weight excluding hydrogens is 351 g/mol. The van der Waals surface area contributed by atoms with Crippen molar-refractivity contribution in [3.63, 3.8) is 0 Å². The second kappa shape index (κ2) is 7.66. The fraction of sp³-hybridized carbons (Fsp3) is 0.769. The maximum Gasteiger partial charge on any atom is 0.453 e. The van der Waals surface area contributed by atoms with Crippen molar-refractivity contribution in [2.75, 3.05) is 13.2 Å². The first-order valence-electron chi connectivity index (χ1n) is 7.54. The third-order valence-corrected chi connectivity index (χ3v) is 4.21. The lowest BCUT2D eigenvalue weighted by atomic mass is 9.82. The van der Waals surface area contributed by atoms with Crippen molar-refractivity contribution in [1.29, 1.82) is 0 Å². The molecule has 3 rings (SSSR count). The highest BCUT2D eigenvalue weighted by Crippen LogP contribution is 2.28. The zero-order valence-electron chi connectivity index (χ0n) is 12.7. The van der Waals surface area contributed by atoms with Gasteiger partial charge >= 0.3 is 6.18 Å². The number of rotatable bonds is 3. The molecule has 24 heavy (non-hydrogen) atoms. The van der Waals surface area contributed by atoms with Gasteiger partial charge in [-0.2, -0.15) is 13.2 Å². The number of nitrogens with one attached hydrogen (secondary N) is 3. The Labute approximate surface area is 142 Å². The fourth-order valence-corrected chi connectivity index (χ4v) is 3.07. The summed E-state index contributed by atoms with van der Waals surface area (Å²) in [5.74, 6) is -1.60. The summed E-state index contributed by atoms with van der Waals surface area (Å²) in [7, 11) is 0. The first-order chi connectivity index (χ1) is 10.9. The van der Waals surface area contributed by atoms with Gasteiger partial charge in [0.05, 0.1) is 19.3 Å². The first-order valence-corrected chi connectivity index (χ1v) is 7.54. The van der Waals surface area contributed by atoms with Crippen molar-refractivity contribution in [1.82, 2.24) is 25.8 Å². The average molecular weight is 370 g/mol. The topological polar surface area (TPSA) is 91.9 Å². The van der Waals surface area contributed by atoms with Crippen LogP contribution in [-0.4, -0.2) is 46.4 Å². The Balaban J connectivity index is 0.00000208. The average Bonchev–Trinajstić information content (AvgIpc) is 3.01. The van der Waals surface area contributed by atoms with Crippen molar-refractivity contribution in [3.05, 3.63) is 11.6 Å². The van der Waals surface area contributed by atoms with E-state index in [4.69, 9.17) is 4.74 Å². The van der Waals surface area contributed by atoms with E-state index in [9.17, 15) is 18.0 Å². The molecule has 7 nitrogen and oxygen atoms in total. The molecule has 11 heteroatoms. The third kappa shape index (κ3) is 4.37. The highest BCUT2D eigenvalue weighted by molar-refractivity contribution is 5.85. The molecule has 2 fully saturated rings. The van der Waals surface area contributed by atoms with Gasteiger partial charge in [-0.25, -0.2) is 4.98 Å². The Kier molecular flexibility index (Phi) is 6.05. The number of halogens is 4. The molecule has 0 aromatic carbocycles. The lowest BCUT2D eigenvalue weighted by Crippen LogP contribution is -2.53. The van der Waals surface area contributed by atoms with E-state index in [1.54, 1.807) is 0 Å². The lowest BCUT2D eigenvalue weighted by Gasteiger charge is -2.39. The van der Waals surface area contributed by atoms with Crippen molar-refractivity contribution in [2.24, 2.45) is 5.92 Å². The molecule has 3 atom stereocenters. The smallest absolute Gasteiger partial charge is 0.375 e. The largest absolute Gasteiger partial charge is 0.453 e. The van der Waals surface area contributed by atoms with Crippen LogP contribution in [0.3, 0.4) is 0 Å². The van der Waals surface area contributed by atoms with Gasteiger partial charge in [0.15, 0.2) is 0 Å². The minimum Gasteiger partial charge on any atom is -0.375 e. The van der Waals surface area contributed by atoms with Gasteiger partial charge in [0, 0.05) is 18.5 Å². The predicted octanol–water partition coefficient (Wildman–Crippen LogP) is 1.02. The van der Waals surface area contributed by atoms with Gasteiger partial charge < -0.3 is 15.4 Å². The molecular formula is C13H19ClF3N5O2. The molecule has 136 valence electrons. The fourth-order valence-electron chi connectivity index (χ4n) is 3.07. The molecule has 1 saturated carbocycles. The van der Waals surface area contributed by atoms with Gasteiger partial charge in [-0.05, 0) is 19.3 Å². The van der Waals surface area contributed by atoms with E-state index in [-0.39, 0.29) is 48.7 Å². The van der Waals surface area contributed by atoms with Crippen LogP contribution < -0.4 is 10.6 Å². The molecule has 1 aromatic rings. The summed E-state index contributed by atoms with van der Waals surface area (Å²) in [6.45, 7) is 1.36. The SMILES string of the molecule is Cl.O=C(NCc1nc(C(F)(F)F)n[nH]1)[C@H]1CC[C@H]2OCCN[C@@H]2C1. The van der Waals surface area contributed by atoms with Crippen LogP contribution >= 0.6 is 12.4 Å². The quantitative estimate of drug-likeness (QED) is 0.740. The monoisotopic (exact) mass is 369 g/mol. The molecule has 0 unspecified atom stereocenters. The number of carbonyl (C=O) groups excluding carboxylic acids is 1. The van der Waals surface area contributed by atoms with Crippen LogP contribution in [0.2, 0.25) is 0 Å². The van der Waals surface area contributed by atoms with E-state index in [1.165, 1.54) is 0 Å². The number of hydrogen-bond donors (Lipinski definition) is 3. The molecule has 1 aliphatic carbocycles. The Morgan fingerprint density at radius 3 is 2.88 bits per heavy atom. The van der Waals surface area contributed by atoms with E-state index in [0.29, 0.717) is 19.4 Å².